The number of carbonyl (C=O) groups excluding carboxylic acids is 1. The molecule has 0 radical (unpaired) electrons. The van der Waals surface area contributed by atoms with E-state index in [1.807, 2.05) is 13.0 Å². The maximum atomic E-state index is 11.1. The molecule has 4 heteroatoms. The van der Waals surface area contributed by atoms with Crippen molar-refractivity contribution in [2.24, 2.45) is 0 Å². The Balaban J connectivity index is 2.73. The van der Waals surface area contributed by atoms with Crippen molar-refractivity contribution in [1.82, 2.24) is 4.98 Å². The van der Waals surface area contributed by atoms with Crippen molar-refractivity contribution in [1.29, 1.82) is 0 Å². The average Bonchev–Trinajstić information content (AvgIpc) is 2.25. The summed E-state index contributed by atoms with van der Waals surface area (Å²) in [4.78, 5) is 15.2. The minimum absolute atomic E-state index is 0.310. The van der Waals surface area contributed by atoms with Gasteiger partial charge in [0, 0.05) is 6.61 Å². The Bertz CT molecular complexity index is 312. The first kappa shape index (κ1) is 10.7. The van der Waals surface area contributed by atoms with Gasteiger partial charge in [-0.25, -0.2) is 9.78 Å². The lowest BCUT2D eigenvalue weighted by Gasteiger charge is -2.02. The highest BCUT2D eigenvalue weighted by Crippen LogP contribution is 2.02. The third kappa shape index (κ3) is 2.81. The van der Waals surface area contributed by atoms with Gasteiger partial charge in [0.1, 0.15) is 5.69 Å². The zero-order valence-corrected chi connectivity index (χ0v) is 8.32. The van der Waals surface area contributed by atoms with E-state index in [-0.39, 0.29) is 0 Å². The van der Waals surface area contributed by atoms with Crippen LogP contribution in [0.1, 0.15) is 23.1 Å². The van der Waals surface area contributed by atoms with Crippen LogP contribution in [0.25, 0.3) is 0 Å². The number of esters is 1. The van der Waals surface area contributed by atoms with Gasteiger partial charge < -0.3 is 9.47 Å². The number of rotatable bonds is 4. The van der Waals surface area contributed by atoms with Gasteiger partial charge in [-0.1, -0.05) is 6.07 Å². The van der Waals surface area contributed by atoms with Gasteiger partial charge in [-0.15, -0.1) is 0 Å². The fourth-order valence-electron chi connectivity index (χ4n) is 0.985. The molecule has 0 aliphatic rings. The highest BCUT2D eigenvalue weighted by atomic mass is 16.5. The van der Waals surface area contributed by atoms with Crippen molar-refractivity contribution in [3.8, 4) is 0 Å². The summed E-state index contributed by atoms with van der Waals surface area (Å²) in [7, 11) is 1.33. The first-order valence-electron chi connectivity index (χ1n) is 4.40. The van der Waals surface area contributed by atoms with Crippen molar-refractivity contribution in [3.63, 3.8) is 0 Å². The molecule has 1 rings (SSSR count). The second-order valence-corrected chi connectivity index (χ2v) is 2.64. The molecule has 0 bridgehead atoms. The fraction of sp³-hybridized carbons (Fsp3) is 0.400. The maximum Gasteiger partial charge on any atom is 0.356 e. The highest BCUT2D eigenvalue weighted by Gasteiger charge is 2.06. The standard InChI is InChI=1S/C10H13NO3/c1-3-14-7-8-5-4-6-9(11-8)10(12)13-2/h4-6H,3,7H2,1-2H3. The molecule has 0 fully saturated rings. The molecule has 0 spiro atoms. The summed E-state index contributed by atoms with van der Waals surface area (Å²) >= 11 is 0. The SMILES string of the molecule is CCOCc1cccc(C(=O)OC)n1. The Kier molecular flexibility index (Phi) is 4.07. The van der Waals surface area contributed by atoms with Crippen molar-refractivity contribution < 1.29 is 14.3 Å². The fourth-order valence-corrected chi connectivity index (χ4v) is 0.985. The van der Waals surface area contributed by atoms with E-state index in [2.05, 4.69) is 9.72 Å². The second-order valence-electron chi connectivity index (χ2n) is 2.64. The van der Waals surface area contributed by atoms with Crippen LogP contribution in [0.4, 0.5) is 0 Å². The topological polar surface area (TPSA) is 48.4 Å². The maximum absolute atomic E-state index is 11.1. The van der Waals surface area contributed by atoms with E-state index in [1.165, 1.54) is 7.11 Å². The first-order chi connectivity index (χ1) is 6.77. The van der Waals surface area contributed by atoms with Crippen molar-refractivity contribution in [2.75, 3.05) is 13.7 Å². The molecular formula is C10H13NO3. The summed E-state index contributed by atoms with van der Waals surface area (Å²) < 4.78 is 9.73. The number of pyridine rings is 1. The van der Waals surface area contributed by atoms with Gasteiger partial charge in [-0.3, -0.25) is 0 Å². The van der Waals surface area contributed by atoms with E-state index in [0.29, 0.717) is 18.9 Å². The van der Waals surface area contributed by atoms with Crippen LogP contribution < -0.4 is 0 Å². The van der Waals surface area contributed by atoms with E-state index in [4.69, 9.17) is 4.74 Å². The van der Waals surface area contributed by atoms with E-state index in [1.54, 1.807) is 12.1 Å². The molecule has 0 atom stereocenters. The molecule has 0 aliphatic heterocycles. The van der Waals surface area contributed by atoms with E-state index < -0.39 is 5.97 Å². The van der Waals surface area contributed by atoms with Crippen LogP contribution in [0, 0.1) is 0 Å². The third-order valence-corrected chi connectivity index (χ3v) is 1.66. The molecule has 0 aromatic carbocycles. The van der Waals surface area contributed by atoms with Gasteiger partial charge in [-0.05, 0) is 19.1 Å². The number of aromatic nitrogens is 1. The predicted octanol–water partition coefficient (Wildman–Crippen LogP) is 1.40. The summed E-state index contributed by atoms with van der Waals surface area (Å²) in [6.45, 7) is 2.95. The van der Waals surface area contributed by atoms with Crippen LogP contribution in [0.2, 0.25) is 0 Å². The molecule has 1 heterocycles. The van der Waals surface area contributed by atoms with Gasteiger partial charge in [0.25, 0.3) is 0 Å². The Morgan fingerprint density at radius 1 is 1.50 bits per heavy atom. The number of nitrogens with zero attached hydrogens (tertiary/aromatic N) is 1. The Morgan fingerprint density at radius 2 is 2.29 bits per heavy atom. The van der Waals surface area contributed by atoms with Crippen LogP contribution in [0.5, 0.6) is 0 Å². The number of hydrogen-bond acceptors (Lipinski definition) is 4. The van der Waals surface area contributed by atoms with Crippen molar-refractivity contribution >= 4 is 5.97 Å². The largest absolute Gasteiger partial charge is 0.464 e. The quantitative estimate of drug-likeness (QED) is 0.681. The van der Waals surface area contributed by atoms with Crippen LogP contribution >= 0.6 is 0 Å². The molecule has 0 amide bonds. The number of methoxy groups -OCH3 is 1. The van der Waals surface area contributed by atoms with Gasteiger partial charge in [0.2, 0.25) is 0 Å². The normalized spacial score (nSPS) is 9.86. The molecule has 0 saturated carbocycles. The Morgan fingerprint density at radius 3 is 2.93 bits per heavy atom. The van der Waals surface area contributed by atoms with Crippen molar-refractivity contribution in [2.45, 2.75) is 13.5 Å². The van der Waals surface area contributed by atoms with Gasteiger partial charge >= 0.3 is 5.97 Å². The lowest BCUT2D eigenvalue weighted by Crippen LogP contribution is -2.06. The van der Waals surface area contributed by atoms with Gasteiger partial charge in [0.05, 0.1) is 19.4 Å². The molecular weight excluding hydrogens is 182 g/mol. The summed E-state index contributed by atoms with van der Waals surface area (Å²) in [5.41, 5.74) is 1.04. The summed E-state index contributed by atoms with van der Waals surface area (Å²) in [5, 5.41) is 0. The minimum atomic E-state index is -0.427. The molecule has 0 saturated heterocycles. The predicted molar refractivity (Wildman–Crippen MR) is 50.9 cm³/mol. The smallest absolute Gasteiger partial charge is 0.356 e. The Labute approximate surface area is 82.9 Å². The number of ether oxygens (including phenoxy) is 2. The molecule has 0 N–H and O–H groups in total. The van der Waals surface area contributed by atoms with Crippen molar-refractivity contribution in [3.05, 3.63) is 29.6 Å². The minimum Gasteiger partial charge on any atom is -0.464 e. The van der Waals surface area contributed by atoms with Crippen LogP contribution in [0.3, 0.4) is 0 Å². The zero-order valence-electron chi connectivity index (χ0n) is 8.32. The molecule has 76 valence electrons. The monoisotopic (exact) mass is 195 g/mol. The number of hydrogen-bond donors (Lipinski definition) is 0. The Hall–Kier alpha value is -1.42. The molecule has 0 aliphatic carbocycles. The third-order valence-electron chi connectivity index (χ3n) is 1.66. The highest BCUT2D eigenvalue weighted by molar-refractivity contribution is 5.87. The second kappa shape index (κ2) is 5.34. The summed E-state index contributed by atoms with van der Waals surface area (Å²) in [6.07, 6.45) is 0. The molecule has 1 aromatic heterocycles. The van der Waals surface area contributed by atoms with Crippen LogP contribution in [0.15, 0.2) is 18.2 Å². The van der Waals surface area contributed by atoms with Gasteiger partial charge in [-0.2, -0.15) is 0 Å². The van der Waals surface area contributed by atoms with Crippen LogP contribution in [-0.4, -0.2) is 24.7 Å². The lowest BCUT2D eigenvalue weighted by atomic mass is 10.3. The summed E-state index contributed by atoms with van der Waals surface area (Å²) in [5.74, 6) is -0.427. The molecule has 1 aromatic rings. The molecule has 4 nitrogen and oxygen atoms in total. The molecule has 0 unspecified atom stereocenters. The number of carbonyl (C=O) groups is 1. The van der Waals surface area contributed by atoms with Crippen LogP contribution in [-0.2, 0) is 16.1 Å². The first-order valence-corrected chi connectivity index (χ1v) is 4.40. The van der Waals surface area contributed by atoms with Gasteiger partial charge in [0.15, 0.2) is 0 Å². The lowest BCUT2D eigenvalue weighted by molar-refractivity contribution is 0.0592. The summed E-state index contributed by atoms with van der Waals surface area (Å²) in [6, 6.07) is 5.18. The van der Waals surface area contributed by atoms with E-state index in [0.717, 1.165) is 5.69 Å². The zero-order chi connectivity index (χ0) is 10.4. The average molecular weight is 195 g/mol. The molecule has 14 heavy (non-hydrogen) atoms. The van der Waals surface area contributed by atoms with E-state index in [9.17, 15) is 4.79 Å². The van der Waals surface area contributed by atoms with E-state index >= 15 is 0 Å².